The number of fused-ring (bicyclic) bond motifs is 1. The molecule has 1 aliphatic heterocycles. The molecule has 4 rings (SSSR count). The van der Waals surface area contributed by atoms with E-state index in [1.165, 1.54) is 11.8 Å². The van der Waals surface area contributed by atoms with E-state index < -0.39 is 0 Å². The number of nitrogens with two attached hydrogens (primary N) is 1. The first-order valence-corrected chi connectivity index (χ1v) is 8.68. The van der Waals surface area contributed by atoms with E-state index in [9.17, 15) is 4.79 Å². The average molecular weight is 352 g/mol. The lowest BCUT2D eigenvalue weighted by atomic mass is 10.1. The lowest BCUT2D eigenvalue weighted by Crippen LogP contribution is -2.36. The van der Waals surface area contributed by atoms with Gasteiger partial charge in [0.05, 0.1) is 13.1 Å². The Balaban J connectivity index is 1.42. The number of aryl methyl sites for hydroxylation is 2. The van der Waals surface area contributed by atoms with Gasteiger partial charge in [-0.1, -0.05) is 30.3 Å². The highest BCUT2D eigenvalue weighted by molar-refractivity contribution is 5.92. The smallest absolute Gasteiger partial charge is 0.276 e. The minimum Gasteiger partial charge on any atom is -0.447 e. The van der Waals surface area contributed by atoms with Crippen molar-refractivity contribution >= 4 is 5.91 Å². The number of rotatable bonds is 5. The van der Waals surface area contributed by atoms with Gasteiger partial charge < -0.3 is 19.5 Å². The molecule has 0 unspecified atom stereocenters. The zero-order valence-electron chi connectivity index (χ0n) is 14.4. The molecule has 3 aromatic rings. The van der Waals surface area contributed by atoms with Crippen LogP contribution in [0.3, 0.4) is 0 Å². The van der Waals surface area contributed by atoms with Crippen LogP contribution < -0.4 is 5.73 Å². The monoisotopic (exact) mass is 352 g/mol. The number of carbonyl (C=O) groups excluding carboxylic acids is 1. The van der Waals surface area contributed by atoms with Crippen LogP contribution >= 0.6 is 0 Å². The van der Waals surface area contributed by atoms with Gasteiger partial charge in [0.25, 0.3) is 5.91 Å². The third-order valence-electron chi connectivity index (χ3n) is 4.48. The van der Waals surface area contributed by atoms with Crippen LogP contribution in [0.25, 0.3) is 0 Å². The van der Waals surface area contributed by atoms with Crippen LogP contribution in [0.4, 0.5) is 0 Å². The van der Waals surface area contributed by atoms with Gasteiger partial charge in [-0.2, -0.15) is 0 Å². The molecule has 1 aliphatic rings. The Morgan fingerprint density at radius 2 is 2.00 bits per heavy atom. The summed E-state index contributed by atoms with van der Waals surface area (Å²) >= 11 is 0. The predicted molar refractivity (Wildman–Crippen MR) is 93.2 cm³/mol. The first kappa shape index (κ1) is 16.5. The van der Waals surface area contributed by atoms with Crippen LogP contribution in [-0.2, 0) is 32.4 Å². The van der Waals surface area contributed by atoms with E-state index in [1.54, 1.807) is 4.90 Å². The summed E-state index contributed by atoms with van der Waals surface area (Å²) in [6, 6.07) is 10.2. The van der Waals surface area contributed by atoms with E-state index in [-0.39, 0.29) is 18.1 Å². The minimum atomic E-state index is -0.173. The molecule has 7 heteroatoms. The van der Waals surface area contributed by atoms with Crippen molar-refractivity contribution in [3.05, 3.63) is 71.1 Å². The SMILES string of the molecule is NCc1nc(C(=O)N2CCc3oc(CCc4ccccc4)nc3C2)co1. The van der Waals surface area contributed by atoms with Crippen molar-refractivity contribution in [2.75, 3.05) is 6.54 Å². The molecule has 134 valence electrons. The Morgan fingerprint density at radius 3 is 2.77 bits per heavy atom. The molecule has 0 aliphatic carbocycles. The molecular weight excluding hydrogens is 332 g/mol. The molecule has 0 radical (unpaired) electrons. The molecular formula is C19H20N4O3. The Morgan fingerprint density at radius 1 is 1.15 bits per heavy atom. The summed E-state index contributed by atoms with van der Waals surface area (Å²) < 4.78 is 11.0. The lowest BCUT2D eigenvalue weighted by molar-refractivity contribution is 0.0722. The highest BCUT2D eigenvalue weighted by atomic mass is 16.4. The second kappa shape index (κ2) is 7.13. The molecule has 0 atom stereocenters. The molecule has 1 aromatic carbocycles. The molecule has 3 heterocycles. The van der Waals surface area contributed by atoms with Gasteiger partial charge in [0, 0.05) is 19.4 Å². The summed E-state index contributed by atoms with van der Waals surface area (Å²) in [5.74, 6) is 1.78. The number of hydrogen-bond acceptors (Lipinski definition) is 6. The molecule has 2 N–H and O–H groups in total. The summed E-state index contributed by atoms with van der Waals surface area (Å²) in [5.41, 5.74) is 7.83. The van der Waals surface area contributed by atoms with Crippen LogP contribution in [0, 0.1) is 0 Å². The van der Waals surface area contributed by atoms with E-state index in [4.69, 9.17) is 14.6 Å². The molecule has 7 nitrogen and oxygen atoms in total. The third kappa shape index (κ3) is 3.39. The average Bonchev–Trinajstić information content (AvgIpc) is 3.32. The fourth-order valence-corrected chi connectivity index (χ4v) is 3.09. The van der Waals surface area contributed by atoms with Crippen molar-refractivity contribution in [3.63, 3.8) is 0 Å². The first-order chi connectivity index (χ1) is 12.7. The Hall–Kier alpha value is -2.93. The standard InChI is InChI=1S/C19H20N4O3/c20-10-18-22-15(12-25-18)19(24)23-9-8-16-14(11-23)21-17(26-16)7-6-13-4-2-1-3-5-13/h1-5,12H,6-11,20H2. The van der Waals surface area contributed by atoms with Gasteiger partial charge in [-0.25, -0.2) is 9.97 Å². The normalized spacial score (nSPS) is 13.7. The van der Waals surface area contributed by atoms with Gasteiger partial charge in [0.15, 0.2) is 11.6 Å². The number of benzene rings is 1. The van der Waals surface area contributed by atoms with E-state index in [0.717, 1.165) is 30.2 Å². The van der Waals surface area contributed by atoms with Gasteiger partial charge in [0.2, 0.25) is 5.89 Å². The van der Waals surface area contributed by atoms with E-state index >= 15 is 0 Å². The predicted octanol–water partition coefficient (Wildman–Crippen LogP) is 2.10. The summed E-state index contributed by atoms with van der Waals surface area (Å²) in [4.78, 5) is 23.0. The Labute approximate surface area is 150 Å². The van der Waals surface area contributed by atoms with Crippen molar-refractivity contribution < 1.29 is 13.6 Å². The van der Waals surface area contributed by atoms with Crippen molar-refractivity contribution in [1.29, 1.82) is 0 Å². The van der Waals surface area contributed by atoms with E-state index in [1.807, 2.05) is 18.2 Å². The minimum absolute atomic E-state index is 0.172. The Kier molecular flexibility index (Phi) is 4.53. The fourth-order valence-electron chi connectivity index (χ4n) is 3.09. The van der Waals surface area contributed by atoms with Crippen LogP contribution in [0.5, 0.6) is 0 Å². The zero-order chi connectivity index (χ0) is 17.9. The molecule has 0 saturated heterocycles. The van der Waals surface area contributed by atoms with Crippen molar-refractivity contribution in [1.82, 2.24) is 14.9 Å². The van der Waals surface area contributed by atoms with Crippen LogP contribution in [0.1, 0.15) is 39.3 Å². The van der Waals surface area contributed by atoms with Gasteiger partial charge in [-0.15, -0.1) is 0 Å². The molecule has 0 saturated carbocycles. The summed E-state index contributed by atoms with van der Waals surface area (Å²) in [6.45, 7) is 1.17. The second-order valence-corrected chi connectivity index (χ2v) is 6.27. The number of oxazole rings is 2. The van der Waals surface area contributed by atoms with Crippen LogP contribution in [-0.4, -0.2) is 27.3 Å². The Bertz CT molecular complexity index is 901. The van der Waals surface area contributed by atoms with Crippen molar-refractivity contribution in [3.8, 4) is 0 Å². The van der Waals surface area contributed by atoms with E-state index in [0.29, 0.717) is 25.4 Å². The van der Waals surface area contributed by atoms with Gasteiger partial charge in [0.1, 0.15) is 17.7 Å². The highest BCUT2D eigenvalue weighted by Gasteiger charge is 2.27. The topological polar surface area (TPSA) is 98.4 Å². The third-order valence-corrected chi connectivity index (χ3v) is 4.48. The number of nitrogens with zero attached hydrogens (tertiary/aromatic N) is 3. The number of aromatic nitrogens is 2. The maximum Gasteiger partial charge on any atom is 0.276 e. The number of hydrogen-bond donors (Lipinski definition) is 1. The summed E-state index contributed by atoms with van der Waals surface area (Å²) in [7, 11) is 0. The maximum atomic E-state index is 12.6. The molecule has 2 aromatic heterocycles. The summed E-state index contributed by atoms with van der Waals surface area (Å²) in [6.07, 6.45) is 3.63. The lowest BCUT2D eigenvalue weighted by Gasteiger charge is -2.24. The van der Waals surface area contributed by atoms with E-state index in [2.05, 4.69) is 22.1 Å². The largest absolute Gasteiger partial charge is 0.447 e. The van der Waals surface area contributed by atoms with Crippen LogP contribution in [0.15, 0.2) is 45.4 Å². The zero-order valence-corrected chi connectivity index (χ0v) is 14.4. The number of amides is 1. The van der Waals surface area contributed by atoms with Crippen molar-refractivity contribution in [2.45, 2.75) is 32.4 Å². The first-order valence-electron chi connectivity index (χ1n) is 8.68. The van der Waals surface area contributed by atoms with Gasteiger partial charge >= 0.3 is 0 Å². The molecule has 0 fully saturated rings. The molecule has 26 heavy (non-hydrogen) atoms. The maximum absolute atomic E-state index is 12.6. The highest BCUT2D eigenvalue weighted by Crippen LogP contribution is 2.22. The molecule has 0 spiro atoms. The fraction of sp³-hybridized carbons (Fsp3) is 0.316. The molecule has 1 amide bonds. The van der Waals surface area contributed by atoms with Crippen LogP contribution in [0.2, 0.25) is 0 Å². The second-order valence-electron chi connectivity index (χ2n) is 6.27. The number of carbonyl (C=O) groups is 1. The molecule has 0 bridgehead atoms. The van der Waals surface area contributed by atoms with Gasteiger partial charge in [-0.3, -0.25) is 4.79 Å². The van der Waals surface area contributed by atoms with Gasteiger partial charge in [-0.05, 0) is 12.0 Å². The summed E-state index contributed by atoms with van der Waals surface area (Å²) in [5, 5.41) is 0. The quantitative estimate of drug-likeness (QED) is 0.755. The van der Waals surface area contributed by atoms with Crippen molar-refractivity contribution in [2.24, 2.45) is 5.73 Å².